The van der Waals surface area contributed by atoms with Gasteiger partial charge >= 0.3 is 6.09 Å². The summed E-state index contributed by atoms with van der Waals surface area (Å²) in [4.78, 5) is 27.8. The number of carbonyl (C=O) groups excluding carboxylic acids is 2. The van der Waals surface area contributed by atoms with Gasteiger partial charge in [0.15, 0.2) is 0 Å². The van der Waals surface area contributed by atoms with Crippen LogP contribution in [0, 0.1) is 0 Å². The first-order valence-electron chi connectivity index (χ1n) is 7.92. The molecular weight excluding hydrogens is 320 g/mol. The first-order chi connectivity index (χ1) is 11.7. The number of nitrogens with zero attached hydrogens (tertiary/aromatic N) is 2. The smallest absolute Gasteiger partial charge is 0.408 e. The third kappa shape index (κ3) is 5.87. The molecule has 0 unspecified atom stereocenters. The van der Waals surface area contributed by atoms with Gasteiger partial charge < -0.3 is 10.1 Å². The van der Waals surface area contributed by atoms with Crippen molar-refractivity contribution in [1.82, 2.24) is 15.7 Å². The van der Waals surface area contributed by atoms with E-state index >= 15 is 0 Å². The number of carbonyl (C=O) groups is 2. The van der Waals surface area contributed by atoms with E-state index in [1.54, 1.807) is 33.9 Å². The second kappa shape index (κ2) is 7.74. The molecule has 1 aromatic heterocycles. The SMILES string of the molecule is C[C@H](NC(=O)OC(C)(C)C)C(=O)N/N=C/c1ccc2ncccc2c1. The number of hydrogen-bond donors (Lipinski definition) is 2. The Morgan fingerprint density at radius 2 is 2.04 bits per heavy atom. The molecule has 25 heavy (non-hydrogen) atoms. The number of hydrogen-bond acceptors (Lipinski definition) is 5. The molecule has 2 aromatic rings. The number of alkyl carbamates (subject to hydrolysis) is 1. The maximum absolute atomic E-state index is 11.9. The van der Waals surface area contributed by atoms with E-state index in [0.29, 0.717) is 0 Å². The van der Waals surface area contributed by atoms with Crippen LogP contribution in [0.1, 0.15) is 33.3 Å². The lowest BCUT2D eigenvalue weighted by Crippen LogP contribution is -2.45. The highest BCUT2D eigenvalue weighted by Gasteiger charge is 2.20. The Labute approximate surface area is 146 Å². The highest BCUT2D eigenvalue weighted by Crippen LogP contribution is 2.11. The fourth-order valence-corrected chi connectivity index (χ4v) is 1.99. The molecule has 0 fully saturated rings. The van der Waals surface area contributed by atoms with Crippen molar-refractivity contribution >= 4 is 29.1 Å². The van der Waals surface area contributed by atoms with Crippen LogP contribution in [0.4, 0.5) is 4.79 Å². The van der Waals surface area contributed by atoms with Gasteiger partial charge in [-0.1, -0.05) is 12.1 Å². The Morgan fingerprint density at radius 3 is 2.76 bits per heavy atom. The van der Waals surface area contributed by atoms with E-state index in [1.807, 2.05) is 30.3 Å². The molecule has 0 aliphatic carbocycles. The Hall–Kier alpha value is -2.96. The second-order valence-electron chi connectivity index (χ2n) is 6.56. The zero-order valence-corrected chi connectivity index (χ0v) is 14.7. The number of ether oxygens (including phenoxy) is 1. The summed E-state index contributed by atoms with van der Waals surface area (Å²) in [7, 11) is 0. The van der Waals surface area contributed by atoms with Crippen molar-refractivity contribution in [3.63, 3.8) is 0 Å². The van der Waals surface area contributed by atoms with Gasteiger partial charge in [-0.05, 0) is 51.5 Å². The number of rotatable bonds is 4. The molecule has 2 amide bonds. The topological polar surface area (TPSA) is 92.7 Å². The molecular formula is C18H22N4O3. The quantitative estimate of drug-likeness (QED) is 0.660. The molecule has 0 saturated heterocycles. The van der Waals surface area contributed by atoms with Crippen molar-refractivity contribution in [3.8, 4) is 0 Å². The molecule has 2 rings (SSSR count). The lowest BCUT2D eigenvalue weighted by Gasteiger charge is -2.21. The van der Waals surface area contributed by atoms with Gasteiger partial charge in [-0.3, -0.25) is 9.78 Å². The van der Waals surface area contributed by atoms with E-state index in [4.69, 9.17) is 4.74 Å². The first-order valence-corrected chi connectivity index (χ1v) is 7.92. The van der Waals surface area contributed by atoms with Gasteiger partial charge in [0.1, 0.15) is 11.6 Å². The Bertz CT molecular complexity index is 796. The van der Waals surface area contributed by atoms with Crippen LogP contribution >= 0.6 is 0 Å². The summed E-state index contributed by atoms with van der Waals surface area (Å²) in [6.07, 6.45) is 2.61. The van der Waals surface area contributed by atoms with Crippen molar-refractivity contribution in [1.29, 1.82) is 0 Å². The Balaban J connectivity index is 1.89. The Kier molecular flexibility index (Phi) is 5.69. The predicted molar refractivity (Wildman–Crippen MR) is 96.3 cm³/mol. The molecule has 0 aliphatic heterocycles. The largest absolute Gasteiger partial charge is 0.444 e. The number of hydrazone groups is 1. The van der Waals surface area contributed by atoms with Gasteiger partial charge in [-0.15, -0.1) is 0 Å². The third-order valence-corrected chi connectivity index (χ3v) is 3.14. The summed E-state index contributed by atoms with van der Waals surface area (Å²) in [5, 5.41) is 7.35. The molecule has 0 radical (unpaired) electrons. The maximum atomic E-state index is 11.9. The minimum absolute atomic E-state index is 0.440. The average Bonchev–Trinajstić information content (AvgIpc) is 2.52. The third-order valence-electron chi connectivity index (χ3n) is 3.14. The minimum atomic E-state index is -0.771. The Morgan fingerprint density at radius 1 is 1.28 bits per heavy atom. The van der Waals surface area contributed by atoms with Gasteiger partial charge in [0.2, 0.25) is 0 Å². The van der Waals surface area contributed by atoms with Crippen LogP contribution in [0.5, 0.6) is 0 Å². The first kappa shape index (κ1) is 18.4. The molecule has 0 aliphatic rings. The number of aromatic nitrogens is 1. The van der Waals surface area contributed by atoms with Crippen LogP contribution in [0.3, 0.4) is 0 Å². The zero-order valence-electron chi connectivity index (χ0n) is 14.7. The minimum Gasteiger partial charge on any atom is -0.444 e. The molecule has 1 atom stereocenters. The normalized spacial score (nSPS) is 12.8. The van der Waals surface area contributed by atoms with Gasteiger partial charge in [0.05, 0.1) is 11.7 Å². The van der Waals surface area contributed by atoms with Crippen LogP contribution in [0.2, 0.25) is 0 Å². The van der Waals surface area contributed by atoms with Crippen LogP contribution < -0.4 is 10.7 Å². The number of fused-ring (bicyclic) bond motifs is 1. The molecule has 0 bridgehead atoms. The van der Waals surface area contributed by atoms with E-state index in [0.717, 1.165) is 16.5 Å². The molecule has 7 heteroatoms. The molecule has 0 saturated carbocycles. The summed E-state index contributed by atoms with van der Waals surface area (Å²) < 4.78 is 5.10. The predicted octanol–water partition coefficient (Wildman–Crippen LogP) is 2.60. The van der Waals surface area contributed by atoms with Crippen molar-refractivity contribution in [2.45, 2.75) is 39.3 Å². The molecule has 2 N–H and O–H groups in total. The van der Waals surface area contributed by atoms with Gasteiger partial charge in [0, 0.05) is 11.6 Å². The zero-order chi connectivity index (χ0) is 18.4. The number of nitrogens with one attached hydrogen (secondary N) is 2. The highest BCUT2D eigenvalue weighted by atomic mass is 16.6. The van der Waals surface area contributed by atoms with Gasteiger partial charge in [0.25, 0.3) is 5.91 Å². The van der Waals surface area contributed by atoms with Crippen LogP contribution in [0.15, 0.2) is 41.6 Å². The molecule has 1 heterocycles. The van der Waals surface area contributed by atoms with Crippen LogP contribution in [0.25, 0.3) is 10.9 Å². The monoisotopic (exact) mass is 342 g/mol. The lowest BCUT2D eigenvalue weighted by atomic mass is 10.1. The van der Waals surface area contributed by atoms with Crippen LogP contribution in [-0.2, 0) is 9.53 Å². The van der Waals surface area contributed by atoms with E-state index < -0.39 is 23.6 Å². The fraction of sp³-hybridized carbons (Fsp3) is 0.333. The summed E-state index contributed by atoms with van der Waals surface area (Å²) in [5.41, 5.74) is 3.49. The fourth-order valence-electron chi connectivity index (χ4n) is 1.99. The molecule has 7 nitrogen and oxygen atoms in total. The van der Waals surface area contributed by atoms with Crippen molar-refractivity contribution in [2.75, 3.05) is 0 Å². The van der Waals surface area contributed by atoms with E-state index in [2.05, 4.69) is 20.8 Å². The van der Waals surface area contributed by atoms with Gasteiger partial charge in [-0.2, -0.15) is 5.10 Å². The van der Waals surface area contributed by atoms with Gasteiger partial charge in [-0.25, -0.2) is 10.2 Å². The molecule has 0 spiro atoms. The van der Waals surface area contributed by atoms with Crippen molar-refractivity contribution in [2.24, 2.45) is 5.10 Å². The summed E-state index contributed by atoms with van der Waals surface area (Å²) in [5.74, 6) is -0.440. The maximum Gasteiger partial charge on any atom is 0.408 e. The number of benzene rings is 1. The average molecular weight is 342 g/mol. The van der Waals surface area contributed by atoms with E-state index in [1.165, 1.54) is 6.21 Å². The molecule has 132 valence electrons. The standard InChI is InChI=1S/C18H22N4O3/c1-12(21-17(24)25-18(2,3)4)16(23)22-20-11-13-7-8-15-14(10-13)6-5-9-19-15/h5-12H,1-4H3,(H,21,24)(H,22,23)/b20-11+/t12-/m0/s1. The van der Waals surface area contributed by atoms with Crippen molar-refractivity contribution in [3.05, 3.63) is 42.1 Å². The number of amides is 2. The van der Waals surface area contributed by atoms with Crippen molar-refractivity contribution < 1.29 is 14.3 Å². The number of pyridine rings is 1. The van der Waals surface area contributed by atoms with E-state index in [9.17, 15) is 9.59 Å². The van der Waals surface area contributed by atoms with E-state index in [-0.39, 0.29) is 0 Å². The van der Waals surface area contributed by atoms with Crippen LogP contribution in [-0.4, -0.2) is 34.8 Å². The summed E-state index contributed by atoms with van der Waals surface area (Å²) >= 11 is 0. The highest BCUT2D eigenvalue weighted by molar-refractivity contribution is 5.90. The molecule has 1 aromatic carbocycles. The second-order valence-corrected chi connectivity index (χ2v) is 6.56. The summed E-state index contributed by atoms with van der Waals surface area (Å²) in [6.45, 7) is 6.80. The lowest BCUT2D eigenvalue weighted by molar-refractivity contribution is -0.122. The summed E-state index contributed by atoms with van der Waals surface area (Å²) in [6, 6.07) is 8.69.